The Morgan fingerprint density at radius 3 is 2.26 bits per heavy atom. The Morgan fingerprint density at radius 2 is 1.79 bits per heavy atom. The van der Waals surface area contributed by atoms with Gasteiger partial charge in [0.05, 0.1) is 12.2 Å². The second-order valence-corrected chi connectivity index (χ2v) is 6.36. The maximum atomic E-state index is 11.7. The first-order valence-electron chi connectivity index (χ1n) is 5.22. The van der Waals surface area contributed by atoms with Gasteiger partial charge < -0.3 is 10.4 Å². The number of halogens is 3. The highest BCUT2D eigenvalue weighted by atomic mass is 79.9. The molecule has 0 unspecified atom stereocenters. The lowest BCUT2D eigenvalue weighted by Crippen LogP contribution is -2.39. The van der Waals surface area contributed by atoms with Gasteiger partial charge in [-0.25, -0.2) is 0 Å². The van der Waals surface area contributed by atoms with Crippen LogP contribution in [0.1, 0.15) is 6.92 Å². The number of nitrogens with one attached hydrogen (secondary N) is 2. The second-order valence-electron chi connectivity index (χ2n) is 3.73. The first-order valence-corrected chi connectivity index (χ1v) is 7.59. The summed E-state index contributed by atoms with van der Waals surface area (Å²) in [5, 5.41) is 14.0. The quantitative estimate of drug-likeness (QED) is 0.634. The van der Waals surface area contributed by atoms with Gasteiger partial charge in [0.1, 0.15) is 6.04 Å². The summed E-state index contributed by atoms with van der Waals surface area (Å²) in [7, 11) is 0. The third-order valence-electron chi connectivity index (χ3n) is 2.21. The van der Waals surface area contributed by atoms with Gasteiger partial charge in [-0.15, -0.1) is 0 Å². The van der Waals surface area contributed by atoms with Crippen molar-refractivity contribution >= 4 is 65.4 Å². The largest absolute Gasteiger partial charge is 0.480 e. The molecule has 1 aromatic rings. The smallest absolute Gasteiger partial charge is 0.320 e. The maximum Gasteiger partial charge on any atom is 0.320 e. The van der Waals surface area contributed by atoms with Crippen molar-refractivity contribution < 1.29 is 14.7 Å². The number of carboxylic acid groups (broad SMARTS) is 1. The van der Waals surface area contributed by atoms with Crippen LogP contribution < -0.4 is 10.6 Å². The normalized spacial score (nSPS) is 12.0. The van der Waals surface area contributed by atoms with E-state index in [-0.39, 0.29) is 12.5 Å². The summed E-state index contributed by atoms with van der Waals surface area (Å²) in [4.78, 5) is 22.3. The van der Waals surface area contributed by atoms with E-state index in [2.05, 4.69) is 58.4 Å². The van der Waals surface area contributed by atoms with Crippen LogP contribution in [0, 0.1) is 0 Å². The molecule has 3 N–H and O–H groups in total. The van der Waals surface area contributed by atoms with Crippen molar-refractivity contribution in [2.75, 3.05) is 11.9 Å². The fourth-order valence-electron chi connectivity index (χ4n) is 1.18. The number of hydrogen-bond donors (Lipinski definition) is 3. The molecule has 0 aliphatic rings. The monoisotopic (exact) mass is 456 g/mol. The minimum atomic E-state index is -1.00. The molecular weight excluding hydrogens is 448 g/mol. The van der Waals surface area contributed by atoms with E-state index in [0.29, 0.717) is 14.6 Å². The highest BCUT2D eigenvalue weighted by molar-refractivity contribution is 9.11. The number of hydrogen-bond acceptors (Lipinski definition) is 3. The molecule has 0 aliphatic heterocycles. The Hall–Kier alpha value is -0.440. The lowest BCUT2D eigenvalue weighted by molar-refractivity contribution is -0.139. The summed E-state index contributed by atoms with van der Waals surface area (Å²) in [5.41, 5.74) is 0.595. The molecule has 5 nitrogen and oxygen atoms in total. The van der Waals surface area contributed by atoms with E-state index in [1.54, 1.807) is 12.1 Å². The maximum absolute atomic E-state index is 11.7. The molecule has 0 bridgehead atoms. The fraction of sp³-hybridized carbons (Fsp3) is 0.273. The van der Waals surface area contributed by atoms with Gasteiger partial charge in [-0.05, 0) is 50.9 Å². The molecule has 1 atom stereocenters. The van der Waals surface area contributed by atoms with Gasteiger partial charge >= 0.3 is 5.97 Å². The van der Waals surface area contributed by atoms with Crippen LogP contribution in [0.3, 0.4) is 0 Å². The Bertz CT molecular complexity index is 485. The summed E-state index contributed by atoms with van der Waals surface area (Å²) in [6.07, 6.45) is 0. The molecule has 0 spiro atoms. The molecule has 8 heteroatoms. The predicted molar refractivity (Wildman–Crippen MR) is 83.3 cm³/mol. The van der Waals surface area contributed by atoms with Crippen LogP contribution in [-0.4, -0.2) is 29.6 Å². The zero-order valence-corrected chi connectivity index (χ0v) is 14.6. The van der Waals surface area contributed by atoms with E-state index in [1.807, 2.05) is 0 Å². The number of carbonyl (C=O) groups excluding carboxylic acids is 1. The van der Waals surface area contributed by atoms with Crippen molar-refractivity contribution in [3.63, 3.8) is 0 Å². The van der Waals surface area contributed by atoms with E-state index >= 15 is 0 Å². The molecule has 1 rings (SSSR count). The van der Waals surface area contributed by atoms with E-state index in [9.17, 15) is 9.59 Å². The van der Waals surface area contributed by atoms with Crippen molar-refractivity contribution in [3.05, 3.63) is 25.6 Å². The van der Waals surface area contributed by atoms with Gasteiger partial charge in [-0.2, -0.15) is 0 Å². The van der Waals surface area contributed by atoms with E-state index < -0.39 is 12.0 Å². The molecule has 0 radical (unpaired) electrons. The average molecular weight is 459 g/mol. The van der Waals surface area contributed by atoms with Gasteiger partial charge in [0.15, 0.2) is 0 Å². The van der Waals surface area contributed by atoms with Gasteiger partial charge in [0, 0.05) is 13.4 Å². The van der Waals surface area contributed by atoms with Crippen LogP contribution in [-0.2, 0) is 9.59 Å². The molecule has 0 saturated heterocycles. The Labute approximate surface area is 135 Å². The van der Waals surface area contributed by atoms with Gasteiger partial charge in [0.2, 0.25) is 5.91 Å². The Kier molecular flexibility index (Phi) is 6.45. The molecule has 1 amide bonds. The number of rotatable bonds is 5. The van der Waals surface area contributed by atoms with Crippen LogP contribution >= 0.6 is 47.8 Å². The zero-order valence-electron chi connectivity index (χ0n) is 9.84. The summed E-state index contributed by atoms with van der Waals surface area (Å²) < 4.78 is 2.30. The molecule has 1 aromatic carbocycles. The standard InChI is InChI=1S/C11H11Br3N2O3/c1-5(11(18)19)15-4-9(17)16-10-7(13)2-6(12)3-8(10)14/h2-3,5,15H,4H2,1H3,(H,16,17)(H,18,19)/t5-/m1/s1. The molecule has 0 saturated carbocycles. The highest BCUT2D eigenvalue weighted by Gasteiger charge is 2.14. The number of carbonyl (C=O) groups is 2. The molecule has 19 heavy (non-hydrogen) atoms. The number of benzene rings is 1. The summed E-state index contributed by atoms with van der Waals surface area (Å²) in [5.74, 6) is -1.32. The predicted octanol–water partition coefficient (Wildman–Crippen LogP) is 2.98. The van der Waals surface area contributed by atoms with Gasteiger partial charge in [0.25, 0.3) is 0 Å². The van der Waals surface area contributed by atoms with Gasteiger partial charge in [-0.1, -0.05) is 15.9 Å². The van der Waals surface area contributed by atoms with Crippen molar-refractivity contribution in [1.82, 2.24) is 5.32 Å². The zero-order chi connectivity index (χ0) is 14.6. The van der Waals surface area contributed by atoms with Gasteiger partial charge in [-0.3, -0.25) is 14.9 Å². The SMILES string of the molecule is C[C@@H](NCC(=O)Nc1c(Br)cc(Br)cc1Br)C(=O)O. The number of amides is 1. The van der Waals surface area contributed by atoms with Crippen LogP contribution in [0.15, 0.2) is 25.6 Å². The molecule has 0 heterocycles. The Balaban J connectivity index is 2.65. The topological polar surface area (TPSA) is 78.4 Å². The molecule has 104 valence electrons. The third-order valence-corrected chi connectivity index (χ3v) is 3.92. The minimum Gasteiger partial charge on any atom is -0.480 e. The fourth-order valence-corrected chi connectivity index (χ4v) is 3.64. The van der Waals surface area contributed by atoms with Crippen LogP contribution in [0.2, 0.25) is 0 Å². The number of carboxylic acids is 1. The molecule has 0 fully saturated rings. The minimum absolute atomic E-state index is 0.0809. The first-order chi connectivity index (χ1) is 8.81. The molecule has 0 aliphatic carbocycles. The van der Waals surface area contributed by atoms with Crippen LogP contribution in [0.5, 0.6) is 0 Å². The van der Waals surface area contributed by atoms with Crippen molar-refractivity contribution in [3.8, 4) is 0 Å². The number of anilines is 1. The Morgan fingerprint density at radius 1 is 1.26 bits per heavy atom. The lowest BCUT2D eigenvalue weighted by atomic mass is 10.3. The van der Waals surface area contributed by atoms with Crippen molar-refractivity contribution in [2.24, 2.45) is 0 Å². The summed E-state index contributed by atoms with van der Waals surface area (Å²) >= 11 is 10.0. The third kappa shape index (κ3) is 5.21. The van der Waals surface area contributed by atoms with E-state index in [1.165, 1.54) is 6.92 Å². The lowest BCUT2D eigenvalue weighted by Gasteiger charge is -2.12. The number of aliphatic carboxylic acids is 1. The van der Waals surface area contributed by atoms with Crippen LogP contribution in [0.25, 0.3) is 0 Å². The van der Waals surface area contributed by atoms with Crippen molar-refractivity contribution in [1.29, 1.82) is 0 Å². The summed E-state index contributed by atoms with van der Waals surface area (Å²) in [6.45, 7) is 1.39. The van der Waals surface area contributed by atoms with Crippen LogP contribution in [0.4, 0.5) is 5.69 Å². The summed E-state index contributed by atoms with van der Waals surface area (Å²) in [6, 6.07) is 2.82. The first kappa shape index (κ1) is 16.6. The average Bonchev–Trinajstić information content (AvgIpc) is 2.30. The molecular formula is C11H11Br3N2O3. The second kappa shape index (κ2) is 7.37. The highest BCUT2D eigenvalue weighted by Crippen LogP contribution is 2.34. The van der Waals surface area contributed by atoms with E-state index in [4.69, 9.17) is 5.11 Å². The molecule has 0 aromatic heterocycles. The van der Waals surface area contributed by atoms with E-state index in [0.717, 1.165) is 4.47 Å². The van der Waals surface area contributed by atoms with Crippen molar-refractivity contribution in [2.45, 2.75) is 13.0 Å².